The molecular formula is C30H32BrN9O4. The second-order valence-corrected chi connectivity index (χ2v) is 12.3. The lowest BCUT2D eigenvalue weighted by atomic mass is 10.1. The van der Waals surface area contributed by atoms with Crippen LogP contribution in [0.4, 0.5) is 22.1 Å². The zero-order valence-corrected chi connectivity index (χ0v) is 26.3. The summed E-state index contributed by atoms with van der Waals surface area (Å²) in [7, 11) is 0. The van der Waals surface area contributed by atoms with Gasteiger partial charge in [0.25, 0.3) is 0 Å². The number of halogens is 1. The van der Waals surface area contributed by atoms with E-state index >= 15 is 0 Å². The first-order valence-electron chi connectivity index (χ1n) is 14.1. The highest BCUT2D eigenvalue weighted by atomic mass is 79.9. The van der Waals surface area contributed by atoms with Gasteiger partial charge in [0.2, 0.25) is 0 Å². The first-order valence-corrected chi connectivity index (χ1v) is 14.9. The van der Waals surface area contributed by atoms with Crippen molar-refractivity contribution in [1.82, 2.24) is 34.4 Å². The third-order valence-electron chi connectivity index (χ3n) is 7.08. The Morgan fingerprint density at radius 2 is 1.95 bits per heavy atom. The Balaban J connectivity index is 1.22. The van der Waals surface area contributed by atoms with Gasteiger partial charge in [-0.3, -0.25) is 4.90 Å². The summed E-state index contributed by atoms with van der Waals surface area (Å²) in [5.74, 6) is 2.58. The Labute approximate surface area is 262 Å². The molecule has 0 saturated carbocycles. The number of aryl methyl sites for hydroxylation is 1. The minimum Gasteiger partial charge on any atom is -0.457 e. The monoisotopic (exact) mass is 661 g/mol. The van der Waals surface area contributed by atoms with Crippen molar-refractivity contribution < 1.29 is 19.4 Å². The van der Waals surface area contributed by atoms with Crippen molar-refractivity contribution in [2.24, 2.45) is 0 Å². The van der Waals surface area contributed by atoms with Gasteiger partial charge >= 0.3 is 6.09 Å². The van der Waals surface area contributed by atoms with Crippen molar-refractivity contribution in [1.29, 1.82) is 0 Å². The normalized spacial score (nSPS) is 15.5. The van der Waals surface area contributed by atoms with Crippen LogP contribution in [0.5, 0.6) is 11.5 Å². The number of hydrogen-bond acceptors (Lipinski definition) is 11. The molecule has 1 aliphatic rings. The second-order valence-electron chi connectivity index (χ2n) is 11.5. The molecule has 6 rings (SSSR count). The zero-order valence-electron chi connectivity index (χ0n) is 24.7. The average Bonchev–Trinajstić information content (AvgIpc) is 3.45. The Morgan fingerprint density at radius 1 is 1.11 bits per heavy atom. The predicted octanol–water partition coefficient (Wildman–Crippen LogP) is 5.09. The van der Waals surface area contributed by atoms with E-state index in [9.17, 15) is 9.90 Å². The molecule has 1 aliphatic heterocycles. The van der Waals surface area contributed by atoms with Crippen LogP contribution in [-0.2, 0) is 4.74 Å². The SMILES string of the molecule is Cc1cc(Nc2ncnc3cc(Br)c(N4CCN(C(=O)OC(C)(C)C)[C@@H](CO)C4)nc23)ccc1Oc1ccn2ncnc2c1. The number of piperazine rings is 1. The molecule has 0 spiro atoms. The van der Waals surface area contributed by atoms with E-state index in [4.69, 9.17) is 14.5 Å². The van der Waals surface area contributed by atoms with E-state index in [0.717, 1.165) is 15.7 Å². The lowest BCUT2D eigenvalue weighted by Gasteiger charge is -2.41. The number of nitrogens with zero attached hydrogens (tertiary/aromatic N) is 8. The maximum absolute atomic E-state index is 12.8. The maximum Gasteiger partial charge on any atom is 0.410 e. The minimum absolute atomic E-state index is 0.203. The molecule has 0 bridgehead atoms. The highest BCUT2D eigenvalue weighted by Gasteiger charge is 2.34. The number of nitrogens with one attached hydrogen (secondary N) is 1. The topological polar surface area (TPSA) is 143 Å². The molecule has 5 aromatic rings. The fourth-order valence-corrected chi connectivity index (χ4v) is 5.55. The van der Waals surface area contributed by atoms with Gasteiger partial charge in [-0.05, 0) is 79.5 Å². The highest BCUT2D eigenvalue weighted by Crippen LogP contribution is 2.33. The fourth-order valence-electron chi connectivity index (χ4n) is 5.00. The smallest absolute Gasteiger partial charge is 0.410 e. The molecule has 228 valence electrons. The number of pyridine rings is 2. The van der Waals surface area contributed by atoms with Crippen molar-refractivity contribution >= 4 is 56.0 Å². The number of carbonyl (C=O) groups is 1. The lowest BCUT2D eigenvalue weighted by molar-refractivity contribution is 0.00698. The number of aromatic nitrogens is 6. The van der Waals surface area contributed by atoms with Crippen LogP contribution in [0.2, 0.25) is 0 Å². The molecule has 13 nitrogen and oxygen atoms in total. The summed E-state index contributed by atoms with van der Waals surface area (Å²) in [5.41, 5.74) is 3.04. The summed E-state index contributed by atoms with van der Waals surface area (Å²) < 4.78 is 14.1. The van der Waals surface area contributed by atoms with E-state index in [1.54, 1.807) is 15.6 Å². The Morgan fingerprint density at radius 3 is 2.73 bits per heavy atom. The lowest BCUT2D eigenvalue weighted by Crippen LogP contribution is -2.57. The first-order chi connectivity index (χ1) is 21.1. The van der Waals surface area contributed by atoms with Crippen LogP contribution in [-0.4, -0.2) is 83.5 Å². The fraction of sp³-hybridized carbons (Fsp3) is 0.333. The Kier molecular flexibility index (Phi) is 7.95. The molecule has 2 N–H and O–H groups in total. The molecule has 5 heterocycles. The van der Waals surface area contributed by atoms with Crippen molar-refractivity contribution in [3.05, 3.63) is 65.3 Å². The van der Waals surface area contributed by atoms with Crippen LogP contribution in [0.1, 0.15) is 26.3 Å². The van der Waals surface area contributed by atoms with Gasteiger partial charge in [-0.15, -0.1) is 0 Å². The molecule has 14 heteroatoms. The first kappa shape index (κ1) is 29.5. The Bertz CT molecular complexity index is 1840. The van der Waals surface area contributed by atoms with Gasteiger partial charge < -0.3 is 24.8 Å². The van der Waals surface area contributed by atoms with Crippen LogP contribution < -0.4 is 15.0 Å². The van der Waals surface area contributed by atoms with E-state index in [2.05, 4.69) is 41.3 Å². The molecule has 44 heavy (non-hydrogen) atoms. The third kappa shape index (κ3) is 6.21. The number of amides is 1. The molecule has 1 amide bonds. The van der Waals surface area contributed by atoms with E-state index in [1.165, 1.54) is 12.7 Å². The number of rotatable bonds is 6. The number of aliphatic hydroxyl groups excluding tert-OH is 1. The molecule has 1 saturated heterocycles. The number of benzene rings is 1. The van der Waals surface area contributed by atoms with Crippen molar-refractivity contribution in [3.63, 3.8) is 0 Å². The van der Waals surface area contributed by atoms with Crippen LogP contribution in [0, 0.1) is 6.92 Å². The van der Waals surface area contributed by atoms with Gasteiger partial charge in [-0.1, -0.05) is 0 Å². The van der Waals surface area contributed by atoms with Gasteiger partial charge in [0.1, 0.15) is 41.1 Å². The van der Waals surface area contributed by atoms with Gasteiger partial charge in [0, 0.05) is 37.6 Å². The van der Waals surface area contributed by atoms with Crippen LogP contribution in [0.25, 0.3) is 16.7 Å². The van der Waals surface area contributed by atoms with Gasteiger partial charge in [0.05, 0.1) is 22.6 Å². The number of aliphatic hydroxyl groups is 1. The van der Waals surface area contributed by atoms with Crippen molar-refractivity contribution in [2.45, 2.75) is 39.3 Å². The summed E-state index contributed by atoms with van der Waals surface area (Å²) in [5, 5.41) is 17.6. The molecule has 1 atom stereocenters. The van der Waals surface area contributed by atoms with E-state index < -0.39 is 17.7 Å². The molecule has 0 unspecified atom stereocenters. The van der Waals surface area contributed by atoms with Crippen molar-refractivity contribution in [3.8, 4) is 11.5 Å². The maximum atomic E-state index is 12.8. The van der Waals surface area contributed by atoms with Crippen LogP contribution in [0.3, 0.4) is 0 Å². The second kappa shape index (κ2) is 11.8. The zero-order chi connectivity index (χ0) is 31.0. The summed E-state index contributed by atoms with van der Waals surface area (Å²) in [6.07, 6.45) is 4.35. The molecule has 4 aromatic heterocycles. The largest absolute Gasteiger partial charge is 0.457 e. The van der Waals surface area contributed by atoms with Gasteiger partial charge in [-0.2, -0.15) is 5.10 Å². The molecule has 0 radical (unpaired) electrons. The molecule has 1 fully saturated rings. The standard InChI is InChI=1S/C30H32BrN9O4/c1-18-11-19(5-6-24(18)43-21-7-8-40-25(12-21)33-17-35-40)36-27-26-23(32-16-34-27)13-22(31)28(37-26)38-9-10-39(20(14-38)15-41)29(42)44-30(2,3)4/h5-8,11-13,16-17,20,41H,9-10,14-15H2,1-4H3,(H,32,34,36)/t20-/m1/s1. The summed E-state index contributed by atoms with van der Waals surface area (Å²) in [4.78, 5) is 34.5. The summed E-state index contributed by atoms with van der Waals surface area (Å²) >= 11 is 3.65. The van der Waals surface area contributed by atoms with Crippen LogP contribution >= 0.6 is 15.9 Å². The van der Waals surface area contributed by atoms with E-state index in [0.29, 0.717) is 59.4 Å². The quantitative estimate of drug-likeness (QED) is 0.251. The van der Waals surface area contributed by atoms with E-state index in [-0.39, 0.29) is 6.61 Å². The summed E-state index contributed by atoms with van der Waals surface area (Å²) in [6.45, 7) is 8.50. The molecular weight excluding hydrogens is 630 g/mol. The van der Waals surface area contributed by atoms with Crippen molar-refractivity contribution in [2.75, 3.05) is 36.5 Å². The Hall–Kier alpha value is -4.56. The van der Waals surface area contributed by atoms with E-state index in [1.807, 2.05) is 69.0 Å². The van der Waals surface area contributed by atoms with Gasteiger partial charge in [0.15, 0.2) is 11.5 Å². The molecule has 0 aliphatic carbocycles. The average molecular weight is 663 g/mol. The summed E-state index contributed by atoms with van der Waals surface area (Å²) in [6, 6.07) is 10.9. The third-order valence-corrected chi connectivity index (χ3v) is 7.67. The minimum atomic E-state index is -0.625. The predicted molar refractivity (Wildman–Crippen MR) is 169 cm³/mol. The number of ether oxygens (including phenoxy) is 2. The van der Waals surface area contributed by atoms with Gasteiger partial charge in [-0.25, -0.2) is 29.2 Å². The number of carbonyl (C=O) groups excluding carboxylic acids is 1. The number of hydrogen-bond donors (Lipinski definition) is 2. The number of anilines is 3. The number of fused-ring (bicyclic) bond motifs is 2. The highest BCUT2D eigenvalue weighted by molar-refractivity contribution is 9.10. The molecule has 1 aromatic carbocycles. The van der Waals surface area contributed by atoms with Crippen LogP contribution in [0.15, 0.2) is 59.7 Å².